The summed E-state index contributed by atoms with van der Waals surface area (Å²) in [7, 11) is 4.63. The number of aliphatic imine (C=N–C) groups is 1. The standard InChI is InChI=1S/C17H22F3N5O/c1-21-16(22-9-8-12-6-4-5-7-14(12)26-3)23-10-13-11-25(2)24-15(13)17(18,19)20/h4-7,11H,8-10H2,1-3H3,(H2,21,22,23). The fraction of sp³-hybridized carbons (Fsp3) is 0.412. The van der Waals surface area contributed by atoms with Crippen LogP contribution in [0.15, 0.2) is 35.5 Å². The number of aromatic nitrogens is 2. The van der Waals surface area contributed by atoms with Crippen molar-refractivity contribution in [1.82, 2.24) is 20.4 Å². The molecule has 0 atom stereocenters. The number of guanidine groups is 1. The number of benzene rings is 1. The van der Waals surface area contributed by atoms with Crippen molar-refractivity contribution in [3.63, 3.8) is 0 Å². The molecule has 2 rings (SSSR count). The van der Waals surface area contributed by atoms with E-state index in [1.807, 2.05) is 24.3 Å². The van der Waals surface area contributed by atoms with Gasteiger partial charge in [0, 0.05) is 38.9 Å². The Bertz CT molecular complexity index is 755. The maximum atomic E-state index is 13.0. The van der Waals surface area contributed by atoms with E-state index in [0.717, 1.165) is 16.0 Å². The van der Waals surface area contributed by atoms with E-state index < -0.39 is 11.9 Å². The summed E-state index contributed by atoms with van der Waals surface area (Å²) >= 11 is 0. The van der Waals surface area contributed by atoms with Crippen LogP contribution in [0.3, 0.4) is 0 Å². The summed E-state index contributed by atoms with van der Waals surface area (Å²) in [4.78, 5) is 4.03. The summed E-state index contributed by atoms with van der Waals surface area (Å²) in [5.41, 5.74) is 0.203. The van der Waals surface area contributed by atoms with Crippen molar-refractivity contribution >= 4 is 5.96 Å². The lowest BCUT2D eigenvalue weighted by atomic mass is 10.1. The number of nitrogens with zero attached hydrogens (tertiary/aromatic N) is 3. The summed E-state index contributed by atoms with van der Waals surface area (Å²) in [6.45, 7) is 0.524. The highest BCUT2D eigenvalue weighted by Crippen LogP contribution is 2.30. The summed E-state index contributed by atoms with van der Waals surface area (Å²) < 4.78 is 45.3. The lowest BCUT2D eigenvalue weighted by molar-refractivity contribution is -0.142. The zero-order valence-corrected chi connectivity index (χ0v) is 14.9. The van der Waals surface area contributed by atoms with Crippen molar-refractivity contribution in [3.05, 3.63) is 47.3 Å². The van der Waals surface area contributed by atoms with Gasteiger partial charge in [-0.2, -0.15) is 18.3 Å². The molecule has 26 heavy (non-hydrogen) atoms. The van der Waals surface area contributed by atoms with E-state index in [1.54, 1.807) is 14.2 Å². The molecule has 1 aromatic heterocycles. The Labute approximate surface area is 150 Å². The molecule has 0 aliphatic heterocycles. The smallest absolute Gasteiger partial charge is 0.435 e. The summed E-state index contributed by atoms with van der Waals surface area (Å²) in [5.74, 6) is 1.21. The number of ether oxygens (including phenoxy) is 1. The van der Waals surface area contributed by atoms with Crippen LogP contribution in [-0.2, 0) is 26.2 Å². The first-order chi connectivity index (χ1) is 12.3. The first-order valence-corrected chi connectivity index (χ1v) is 8.01. The molecule has 1 heterocycles. The van der Waals surface area contributed by atoms with Crippen LogP contribution >= 0.6 is 0 Å². The van der Waals surface area contributed by atoms with E-state index in [-0.39, 0.29) is 12.1 Å². The van der Waals surface area contributed by atoms with Crippen LogP contribution in [-0.4, -0.2) is 36.4 Å². The lowest BCUT2D eigenvalue weighted by Crippen LogP contribution is -2.38. The molecule has 142 valence electrons. The van der Waals surface area contributed by atoms with Gasteiger partial charge in [-0.05, 0) is 18.1 Å². The molecule has 2 N–H and O–H groups in total. The maximum Gasteiger partial charge on any atom is 0.435 e. The van der Waals surface area contributed by atoms with E-state index in [4.69, 9.17) is 4.74 Å². The van der Waals surface area contributed by atoms with Gasteiger partial charge < -0.3 is 15.4 Å². The minimum absolute atomic E-state index is 0.0307. The number of hydrogen-bond donors (Lipinski definition) is 2. The van der Waals surface area contributed by atoms with Gasteiger partial charge in [-0.3, -0.25) is 9.67 Å². The summed E-state index contributed by atoms with van der Waals surface area (Å²) in [6, 6.07) is 7.65. The van der Waals surface area contributed by atoms with Crippen LogP contribution in [0, 0.1) is 0 Å². The summed E-state index contributed by atoms with van der Waals surface area (Å²) in [6.07, 6.45) is -2.46. The Morgan fingerprint density at radius 2 is 1.96 bits per heavy atom. The molecule has 0 aliphatic carbocycles. The van der Waals surface area contributed by atoms with E-state index in [1.165, 1.54) is 13.2 Å². The van der Waals surface area contributed by atoms with Crippen LogP contribution in [0.4, 0.5) is 13.2 Å². The molecule has 6 nitrogen and oxygen atoms in total. The number of halogens is 3. The number of alkyl halides is 3. The molecule has 9 heteroatoms. The van der Waals surface area contributed by atoms with E-state index >= 15 is 0 Å². The molecule has 0 amide bonds. The second-order valence-electron chi connectivity index (χ2n) is 5.59. The minimum atomic E-state index is -4.49. The number of aryl methyl sites for hydroxylation is 1. The molecule has 0 unspecified atom stereocenters. The van der Waals surface area contributed by atoms with E-state index in [2.05, 4.69) is 20.7 Å². The third kappa shape index (κ3) is 5.14. The first kappa shape index (κ1) is 19.6. The fourth-order valence-corrected chi connectivity index (χ4v) is 2.53. The Kier molecular flexibility index (Phi) is 6.48. The Morgan fingerprint density at radius 1 is 1.23 bits per heavy atom. The molecule has 1 aromatic carbocycles. The minimum Gasteiger partial charge on any atom is -0.496 e. The zero-order chi connectivity index (χ0) is 19.2. The van der Waals surface area contributed by atoms with Crippen LogP contribution in [0.1, 0.15) is 16.8 Å². The predicted molar refractivity (Wildman–Crippen MR) is 93.1 cm³/mol. The van der Waals surface area contributed by atoms with Gasteiger partial charge in [0.1, 0.15) is 5.75 Å². The van der Waals surface area contributed by atoms with Crippen molar-refractivity contribution in [2.75, 3.05) is 20.7 Å². The van der Waals surface area contributed by atoms with Gasteiger partial charge in [0.2, 0.25) is 0 Å². The molecule has 0 saturated heterocycles. The average Bonchev–Trinajstić information content (AvgIpc) is 2.99. The van der Waals surface area contributed by atoms with Gasteiger partial charge in [-0.25, -0.2) is 0 Å². The second-order valence-corrected chi connectivity index (χ2v) is 5.59. The molecule has 2 aromatic rings. The zero-order valence-electron chi connectivity index (χ0n) is 14.9. The van der Waals surface area contributed by atoms with Crippen molar-refractivity contribution in [1.29, 1.82) is 0 Å². The van der Waals surface area contributed by atoms with Gasteiger partial charge in [0.25, 0.3) is 0 Å². The Balaban J connectivity index is 1.91. The van der Waals surface area contributed by atoms with Crippen molar-refractivity contribution in [2.45, 2.75) is 19.1 Å². The molecule has 0 aliphatic rings. The summed E-state index contributed by atoms with van der Waals surface area (Å²) in [5, 5.41) is 9.44. The second kappa shape index (κ2) is 8.59. The Morgan fingerprint density at radius 3 is 2.62 bits per heavy atom. The number of nitrogens with one attached hydrogen (secondary N) is 2. The Hall–Kier alpha value is -2.71. The van der Waals surface area contributed by atoms with Gasteiger partial charge in [-0.15, -0.1) is 0 Å². The molecule has 0 fully saturated rings. The highest BCUT2D eigenvalue weighted by atomic mass is 19.4. The number of rotatable bonds is 6. The van der Waals surface area contributed by atoms with Gasteiger partial charge in [0.15, 0.2) is 11.7 Å². The highest BCUT2D eigenvalue weighted by molar-refractivity contribution is 5.79. The first-order valence-electron chi connectivity index (χ1n) is 8.01. The third-order valence-corrected chi connectivity index (χ3v) is 3.72. The SMILES string of the molecule is CN=C(NCCc1ccccc1OC)NCc1cn(C)nc1C(F)(F)F. The van der Waals surface area contributed by atoms with Crippen molar-refractivity contribution in [3.8, 4) is 5.75 Å². The van der Waals surface area contributed by atoms with E-state index in [0.29, 0.717) is 18.9 Å². The van der Waals surface area contributed by atoms with Crippen LogP contribution in [0.25, 0.3) is 0 Å². The average molecular weight is 369 g/mol. The van der Waals surface area contributed by atoms with Crippen molar-refractivity contribution < 1.29 is 17.9 Å². The molecule has 0 spiro atoms. The normalized spacial score (nSPS) is 12.2. The van der Waals surface area contributed by atoms with Gasteiger partial charge in [-0.1, -0.05) is 18.2 Å². The monoisotopic (exact) mass is 369 g/mol. The molecule has 0 radical (unpaired) electrons. The van der Waals surface area contributed by atoms with Crippen LogP contribution in [0.2, 0.25) is 0 Å². The third-order valence-electron chi connectivity index (χ3n) is 3.72. The molecular formula is C17H22F3N5O. The van der Waals surface area contributed by atoms with Crippen molar-refractivity contribution in [2.24, 2.45) is 12.0 Å². The number of para-hydroxylation sites is 1. The molecule has 0 bridgehead atoms. The largest absolute Gasteiger partial charge is 0.496 e. The van der Waals surface area contributed by atoms with Gasteiger partial charge >= 0.3 is 6.18 Å². The number of hydrogen-bond acceptors (Lipinski definition) is 3. The number of methoxy groups -OCH3 is 1. The lowest BCUT2D eigenvalue weighted by Gasteiger charge is -2.13. The molecule has 0 saturated carbocycles. The maximum absolute atomic E-state index is 13.0. The van der Waals surface area contributed by atoms with Gasteiger partial charge in [0.05, 0.1) is 7.11 Å². The predicted octanol–water partition coefficient (Wildman–Crippen LogP) is 2.36. The van der Waals surface area contributed by atoms with Crippen LogP contribution < -0.4 is 15.4 Å². The fourth-order valence-electron chi connectivity index (χ4n) is 2.53. The van der Waals surface area contributed by atoms with Crippen LogP contribution in [0.5, 0.6) is 5.75 Å². The molecular weight excluding hydrogens is 347 g/mol. The quantitative estimate of drug-likeness (QED) is 0.606. The van der Waals surface area contributed by atoms with E-state index in [9.17, 15) is 13.2 Å². The highest BCUT2D eigenvalue weighted by Gasteiger charge is 2.36. The topological polar surface area (TPSA) is 63.5 Å².